The second-order valence-corrected chi connectivity index (χ2v) is 9.45. The fourth-order valence-corrected chi connectivity index (χ4v) is 4.46. The highest BCUT2D eigenvalue weighted by molar-refractivity contribution is 6.11. The van der Waals surface area contributed by atoms with Crippen molar-refractivity contribution >= 4 is 23.4 Å². The van der Waals surface area contributed by atoms with Crippen molar-refractivity contribution in [1.29, 1.82) is 0 Å². The average molecular weight is 547 g/mol. The summed E-state index contributed by atoms with van der Waals surface area (Å²) < 4.78 is 10.9. The molecule has 10 nitrogen and oxygen atoms in total. The number of ether oxygens (including phenoxy) is 2. The maximum Gasteiger partial charge on any atom is 0.338 e. The van der Waals surface area contributed by atoms with Crippen molar-refractivity contribution in [2.75, 3.05) is 20.2 Å². The molecule has 0 aliphatic carbocycles. The lowest BCUT2D eigenvalue weighted by atomic mass is 10.0. The Balaban J connectivity index is 1.46. The number of Topliss-reactive ketones (excluding diaryl/α,β-unsaturated/α-hetero) is 1. The topological polar surface area (TPSA) is 151 Å². The molecule has 0 radical (unpaired) electrons. The molecule has 0 unspecified atom stereocenters. The molecule has 10 heteroatoms. The van der Waals surface area contributed by atoms with Crippen LogP contribution >= 0.6 is 0 Å². The average Bonchev–Trinajstić information content (AvgIpc) is 3.17. The Kier molecular flexibility index (Phi) is 8.80. The highest BCUT2D eigenvalue weighted by atomic mass is 16.5. The van der Waals surface area contributed by atoms with E-state index >= 15 is 0 Å². The molecule has 0 aromatic heterocycles. The smallest absolute Gasteiger partial charge is 0.338 e. The van der Waals surface area contributed by atoms with Gasteiger partial charge in [0.2, 0.25) is 0 Å². The Morgan fingerprint density at radius 1 is 0.875 bits per heavy atom. The van der Waals surface area contributed by atoms with Gasteiger partial charge in [-0.05, 0) is 74.8 Å². The predicted molar refractivity (Wildman–Crippen MR) is 145 cm³/mol. The number of benzene rings is 3. The van der Waals surface area contributed by atoms with E-state index in [4.69, 9.17) is 9.47 Å². The summed E-state index contributed by atoms with van der Waals surface area (Å²) in [6.07, 6.45) is 0.588. The highest BCUT2D eigenvalue weighted by Crippen LogP contribution is 2.26. The minimum atomic E-state index is -0.633. The zero-order chi connectivity index (χ0) is 28.8. The van der Waals surface area contributed by atoms with E-state index in [2.05, 4.69) is 10.6 Å². The third-order valence-corrected chi connectivity index (χ3v) is 6.70. The predicted octanol–water partition coefficient (Wildman–Crippen LogP) is 3.25. The normalized spacial score (nSPS) is 16.9. The van der Waals surface area contributed by atoms with Gasteiger partial charge in [-0.2, -0.15) is 0 Å². The van der Waals surface area contributed by atoms with Crippen molar-refractivity contribution in [2.45, 2.75) is 31.9 Å². The Hall–Kier alpha value is -4.70. The number of aromatic hydroxyl groups is 2. The van der Waals surface area contributed by atoms with Gasteiger partial charge in [0.15, 0.2) is 11.6 Å². The van der Waals surface area contributed by atoms with E-state index in [0.717, 1.165) is 6.42 Å². The molecule has 2 atom stereocenters. The number of methoxy groups -OCH3 is 1. The lowest BCUT2D eigenvalue weighted by Gasteiger charge is -2.26. The largest absolute Gasteiger partial charge is 0.507 e. The third kappa shape index (κ3) is 6.47. The Bertz CT molecular complexity index is 1430. The highest BCUT2D eigenvalue weighted by Gasteiger charge is 2.29. The van der Waals surface area contributed by atoms with Crippen LogP contribution in [0.4, 0.5) is 0 Å². The van der Waals surface area contributed by atoms with E-state index in [1.54, 1.807) is 0 Å². The molecule has 1 heterocycles. The van der Waals surface area contributed by atoms with E-state index in [1.165, 1.54) is 74.7 Å². The van der Waals surface area contributed by atoms with Gasteiger partial charge in [-0.15, -0.1) is 0 Å². The van der Waals surface area contributed by atoms with E-state index in [0.29, 0.717) is 25.3 Å². The maximum absolute atomic E-state index is 13.0. The number of rotatable bonds is 8. The molecule has 0 spiro atoms. The van der Waals surface area contributed by atoms with Gasteiger partial charge in [-0.25, -0.2) is 4.79 Å². The van der Waals surface area contributed by atoms with E-state index in [9.17, 15) is 29.4 Å². The number of carbonyl (C=O) groups is 4. The summed E-state index contributed by atoms with van der Waals surface area (Å²) in [7, 11) is 1.46. The van der Waals surface area contributed by atoms with Crippen molar-refractivity contribution < 1.29 is 38.9 Å². The molecule has 3 aromatic carbocycles. The van der Waals surface area contributed by atoms with E-state index in [1.807, 2.05) is 0 Å². The van der Waals surface area contributed by atoms with Crippen LogP contribution in [0.3, 0.4) is 0 Å². The van der Waals surface area contributed by atoms with Crippen molar-refractivity contribution in [2.24, 2.45) is 0 Å². The summed E-state index contributed by atoms with van der Waals surface area (Å²) >= 11 is 0. The first kappa shape index (κ1) is 28.3. The summed E-state index contributed by atoms with van der Waals surface area (Å²) in [6.45, 7) is 2.34. The number of hydrogen-bond donors (Lipinski definition) is 4. The SMILES string of the molecule is COc1ccc(O)c(C(=O)c2ccc(C(=O)O[C@@H]3CCCNC[C@H]3NC(=O)c3ccc(O)c(C(C)=O)c3)cc2)c1. The second kappa shape index (κ2) is 12.4. The molecular formula is C30H30N2O8. The van der Waals surface area contributed by atoms with Crippen molar-refractivity contribution in [3.8, 4) is 17.2 Å². The number of nitrogens with one attached hydrogen (secondary N) is 2. The second-order valence-electron chi connectivity index (χ2n) is 9.45. The van der Waals surface area contributed by atoms with E-state index in [-0.39, 0.29) is 45.1 Å². The third-order valence-electron chi connectivity index (χ3n) is 6.70. The summed E-state index contributed by atoms with van der Waals surface area (Å²) in [4.78, 5) is 50.6. The number of hydrogen-bond acceptors (Lipinski definition) is 9. The summed E-state index contributed by atoms with van der Waals surface area (Å²) in [6, 6.07) is 13.7. The standard InChI is InChI=1S/C30H30N2O8/c1-17(33)22-14-20(9-11-25(22)34)29(37)32-24-16-31-13-3-4-27(24)40-30(38)19-7-5-18(6-8-19)28(36)23-15-21(39-2)10-12-26(23)35/h5-12,14-15,24,27,31,34-35H,3-4,13,16H2,1-2H3,(H,32,37)/t24-,27-/m1/s1. The first-order valence-corrected chi connectivity index (χ1v) is 12.8. The fourth-order valence-electron chi connectivity index (χ4n) is 4.46. The number of phenolic OH excluding ortho intramolecular Hbond substituents is 2. The van der Waals surface area contributed by atoms with Gasteiger partial charge in [-0.1, -0.05) is 12.1 Å². The minimum Gasteiger partial charge on any atom is -0.507 e. The van der Waals surface area contributed by atoms with Gasteiger partial charge < -0.3 is 30.3 Å². The van der Waals surface area contributed by atoms with Crippen molar-refractivity contribution in [3.63, 3.8) is 0 Å². The van der Waals surface area contributed by atoms with Crippen LogP contribution < -0.4 is 15.4 Å². The van der Waals surface area contributed by atoms with Crippen LogP contribution in [0.2, 0.25) is 0 Å². The van der Waals surface area contributed by atoms with Crippen LogP contribution in [0, 0.1) is 0 Å². The molecule has 1 amide bonds. The monoisotopic (exact) mass is 546 g/mol. The molecule has 1 saturated heterocycles. The Morgan fingerprint density at radius 2 is 1.52 bits per heavy atom. The molecule has 3 aromatic rings. The van der Waals surface area contributed by atoms with Gasteiger partial charge in [0.05, 0.1) is 29.8 Å². The zero-order valence-electron chi connectivity index (χ0n) is 22.1. The molecule has 1 aliphatic rings. The molecule has 208 valence electrons. The van der Waals surface area contributed by atoms with Crippen molar-refractivity contribution in [1.82, 2.24) is 10.6 Å². The number of phenols is 2. The zero-order valence-corrected chi connectivity index (χ0v) is 22.1. The molecular weight excluding hydrogens is 516 g/mol. The lowest BCUT2D eigenvalue weighted by Crippen LogP contribution is -2.49. The summed E-state index contributed by atoms with van der Waals surface area (Å²) in [5.41, 5.74) is 0.794. The quantitative estimate of drug-likeness (QED) is 0.246. The first-order chi connectivity index (χ1) is 19.2. The van der Waals surface area contributed by atoms with Gasteiger partial charge in [-0.3, -0.25) is 14.4 Å². The minimum absolute atomic E-state index is 0.0400. The Labute approximate surface area is 230 Å². The summed E-state index contributed by atoms with van der Waals surface area (Å²) in [5, 5.41) is 26.1. The first-order valence-electron chi connectivity index (χ1n) is 12.8. The fraction of sp³-hybridized carbons (Fsp3) is 0.267. The molecule has 0 bridgehead atoms. The van der Waals surface area contributed by atoms with Gasteiger partial charge in [0.1, 0.15) is 23.4 Å². The molecule has 40 heavy (non-hydrogen) atoms. The van der Waals surface area contributed by atoms with Gasteiger partial charge in [0, 0.05) is 17.7 Å². The number of carbonyl (C=O) groups excluding carboxylic acids is 4. The van der Waals surface area contributed by atoms with Gasteiger partial charge in [0.25, 0.3) is 5.91 Å². The maximum atomic E-state index is 13.0. The Morgan fingerprint density at radius 3 is 2.23 bits per heavy atom. The van der Waals surface area contributed by atoms with Crippen molar-refractivity contribution in [3.05, 3.63) is 88.5 Å². The van der Waals surface area contributed by atoms with Crippen LogP contribution in [-0.4, -0.2) is 66.0 Å². The van der Waals surface area contributed by atoms with E-state index < -0.39 is 29.8 Å². The number of esters is 1. The van der Waals surface area contributed by atoms with Crippen LogP contribution in [0.15, 0.2) is 60.7 Å². The molecule has 1 aliphatic heterocycles. The number of ketones is 2. The van der Waals surface area contributed by atoms with Gasteiger partial charge >= 0.3 is 5.97 Å². The van der Waals surface area contributed by atoms with Crippen LogP contribution in [-0.2, 0) is 4.74 Å². The lowest BCUT2D eigenvalue weighted by molar-refractivity contribution is 0.0192. The molecule has 4 N–H and O–H groups in total. The van der Waals surface area contributed by atoms with Crippen LogP contribution in [0.5, 0.6) is 17.2 Å². The molecule has 0 saturated carbocycles. The molecule has 1 fully saturated rings. The summed E-state index contributed by atoms with van der Waals surface area (Å²) in [5.74, 6) is -1.86. The number of amides is 1. The van der Waals surface area contributed by atoms with Crippen LogP contribution in [0.1, 0.15) is 66.8 Å². The van der Waals surface area contributed by atoms with Crippen LogP contribution in [0.25, 0.3) is 0 Å². The molecule has 4 rings (SSSR count).